The summed E-state index contributed by atoms with van der Waals surface area (Å²) in [5.74, 6) is 0. The first-order valence-corrected chi connectivity index (χ1v) is 32.9. The molecule has 0 aromatic rings. The Bertz CT molecular complexity index is 527. The van der Waals surface area contributed by atoms with Crippen molar-refractivity contribution < 1.29 is 17.2 Å². The van der Waals surface area contributed by atoms with Gasteiger partial charge in [-0.2, -0.15) is 0 Å². The zero-order valence-corrected chi connectivity index (χ0v) is 40.7. The average Bonchev–Trinajstić information content (AvgIpc) is 3.16. The van der Waals surface area contributed by atoms with Crippen LogP contribution >= 0.6 is 18.6 Å². The second-order valence-electron chi connectivity index (χ2n) is 17.4. The Labute approximate surface area is 352 Å². The van der Waals surface area contributed by atoms with Gasteiger partial charge in [-0.1, -0.05) is 244 Å². The van der Waals surface area contributed by atoms with Crippen molar-refractivity contribution in [3.8, 4) is 0 Å². The van der Waals surface area contributed by atoms with E-state index in [0.717, 1.165) is 0 Å². The van der Waals surface area contributed by atoms with Crippen LogP contribution in [0.5, 0.6) is 0 Å². The third-order valence-electron chi connectivity index (χ3n) is 12.1. The quantitative estimate of drug-likeness (QED) is 0.0324. The van der Waals surface area contributed by atoms with Gasteiger partial charge in [0, 0.05) is 0 Å². The Morgan fingerprint density at radius 2 is 0.308 bits per heavy atom. The molecule has 0 spiro atoms. The van der Waals surface area contributed by atoms with E-state index in [1.807, 2.05) is 0 Å². The van der Waals surface area contributed by atoms with Crippen molar-refractivity contribution in [3.05, 3.63) is 0 Å². The van der Waals surface area contributed by atoms with Crippen LogP contribution in [0, 0.1) is 0 Å². The SMILES string of the molecule is CCCCCCCCCCCCCCCCCCCCCCCCCCCCCCCCCCCCCCCCCCCCCCCCCC[I-]I. The van der Waals surface area contributed by atoms with Gasteiger partial charge in [-0.25, -0.2) is 0 Å². The van der Waals surface area contributed by atoms with Crippen LogP contribution in [-0.4, -0.2) is 4.43 Å². The summed E-state index contributed by atoms with van der Waals surface area (Å²) in [6.45, 7) is 2.31. The normalized spacial score (nSPS) is 11.7. The third kappa shape index (κ3) is 51.5. The summed E-state index contributed by atoms with van der Waals surface area (Å²) in [6, 6.07) is 0. The predicted octanol–water partition coefficient (Wildman–Crippen LogP) is 17.2. The van der Waals surface area contributed by atoms with Crippen molar-refractivity contribution >= 4 is 18.6 Å². The Morgan fingerprint density at radius 3 is 0.423 bits per heavy atom. The summed E-state index contributed by atoms with van der Waals surface area (Å²) in [5, 5.41) is 0. The molecule has 0 fully saturated rings. The van der Waals surface area contributed by atoms with Gasteiger partial charge >= 0.3 is 111 Å². The topological polar surface area (TPSA) is 0 Å². The minimum absolute atomic E-state index is 0.520. The fourth-order valence-electron chi connectivity index (χ4n) is 8.35. The predicted molar refractivity (Wildman–Crippen MR) is 246 cm³/mol. The zero-order valence-electron chi connectivity index (χ0n) is 36.4. The van der Waals surface area contributed by atoms with Crippen LogP contribution < -0.4 is 17.2 Å². The fourth-order valence-corrected chi connectivity index (χ4v) is 11.1. The molecule has 0 aliphatic rings. The first-order valence-electron chi connectivity index (χ1n) is 25.1. The van der Waals surface area contributed by atoms with Gasteiger partial charge in [-0.3, -0.25) is 0 Å². The van der Waals surface area contributed by atoms with Gasteiger partial charge in [-0.15, -0.1) is 0 Å². The summed E-state index contributed by atoms with van der Waals surface area (Å²) < 4.78 is 1.54. The van der Waals surface area contributed by atoms with Crippen molar-refractivity contribution in [2.45, 2.75) is 315 Å². The van der Waals surface area contributed by atoms with E-state index in [0.29, 0.717) is 17.2 Å². The van der Waals surface area contributed by atoms with Gasteiger partial charge < -0.3 is 0 Å². The molecule has 0 heterocycles. The second-order valence-corrected chi connectivity index (χ2v) is 22.9. The van der Waals surface area contributed by atoms with Crippen LogP contribution in [0.25, 0.3) is 0 Å². The maximum atomic E-state index is 2.62. The Morgan fingerprint density at radius 1 is 0.192 bits per heavy atom. The van der Waals surface area contributed by atoms with Gasteiger partial charge in [-0.05, 0) is 0 Å². The summed E-state index contributed by atoms with van der Waals surface area (Å²) in [6.07, 6.45) is 71.7. The van der Waals surface area contributed by atoms with Crippen LogP contribution in [-0.2, 0) is 0 Å². The second kappa shape index (κ2) is 52.5. The molecular weight excluding hydrogens is 854 g/mol. The van der Waals surface area contributed by atoms with E-state index in [2.05, 4.69) is 25.5 Å². The molecule has 0 atom stereocenters. The first-order chi connectivity index (χ1) is 25.9. The number of halogens is 2. The molecule has 0 rings (SSSR count). The molecule has 0 aliphatic heterocycles. The van der Waals surface area contributed by atoms with Gasteiger partial charge in [0.2, 0.25) is 0 Å². The van der Waals surface area contributed by atoms with E-state index in [1.54, 1.807) is 4.43 Å². The Hall–Kier alpha value is 1.46. The van der Waals surface area contributed by atoms with Crippen LogP contribution in [0.15, 0.2) is 0 Å². The molecule has 316 valence electrons. The van der Waals surface area contributed by atoms with Crippen molar-refractivity contribution in [1.29, 1.82) is 0 Å². The fraction of sp³-hybridized carbons (Fsp3) is 1.00. The number of hydrogen-bond acceptors (Lipinski definition) is 0. The van der Waals surface area contributed by atoms with Crippen molar-refractivity contribution in [1.82, 2.24) is 0 Å². The van der Waals surface area contributed by atoms with Crippen LogP contribution in [0.3, 0.4) is 0 Å². The van der Waals surface area contributed by atoms with E-state index >= 15 is 0 Å². The summed E-state index contributed by atoms with van der Waals surface area (Å²) >= 11 is 3.14. The van der Waals surface area contributed by atoms with Gasteiger partial charge in [0.05, 0.1) is 0 Å². The van der Waals surface area contributed by atoms with Gasteiger partial charge in [0.15, 0.2) is 0 Å². The van der Waals surface area contributed by atoms with E-state index < -0.39 is 0 Å². The molecule has 0 saturated heterocycles. The molecule has 0 aliphatic carbocycles. The van der Waals surface area contributed by atoms with Crippen LogP contribution in [0.2, 0.25) is 0 Å². The number of rotatable bonds is 49. The maximum absolute atomic E-state index is 2.62. The van der Waals surface area contributed by atoms with Gasteiger partial charge in [0.25, 0.3) is 0 Å². The van der Waals surface area contributed by atoms with Crippen LogP contribution in [0.1, 0.15) is 315 Å². The summed E-state index contributed by atoms with van der Waals surface area (Å²) in [7, 11) is 0. The standard InChI is InChI=1S/C50H101I2/c1-2-3-4-5-6-7-8-9-10-11-12-13-14-15-16-17-18-19-20-21-22-23-24-25-26-27-28-29-30-31-32-33-34-35-36-37-38-39-40-41-42-43-44-45-46-47-48-49-50-52-51/h2-50H2,1H3/q-1. The molecule has 0 aromatic heterocycles. The van der Waals surface area contributed by atoms with Gasteiger partial charge in [0.1, 0.15) is 0 Å². The Balaban J connectivity index is 3.04. The van der Waals surface area contributed by atoms with Crippen molar-refractivity contribution in [3.63, 3.8) is 0 Å². The number of unbranched alkanes of at least 4 members (excludes halogenated alkanes) is 47. The zero-order chi connectivity index (χ0) is 37.4. The minimum atomic E-state index is 0.520. The molecule has 0 saturated carbocycles. The van der Waals surface area contributed by atoms with Crippen LogP contribution in [0.4, 0.5) is 0 Å². The van der Waals surface area contributed by atoms with E-state index in [-0.39, 0.29) is 0 Å². The molecule has 0 amide bonds. The average molecular weight is 956 g/mol. The number of alkyl halides is 1. The van der Waals surface area contributed by atoms with Crippen molar-refractivity contribution in [2.75, 3.05) is 4.43 Å². The third-order valence-corrected chi connectivity index (χ3v) is 16.0. The monoisotopic (exact) mass is 956 g/mol. The van der Waals surface area contributed by atoms with Crippen molar-refractivity contribution in [2.24, 2.45) is 0 Å². The number of hydrogen-bond donors (Lipinski definition) is 0. The van der Waals surface area contributed by atoms with E-state index in [4.69, 9.17) is 0 Å². The molecule has 0 radical (unpaired) electrons. The van der Waals surface area contributed by atoms with E-state index in [1.165, 1.54) is 308 Å². The summed E-state index contributed by atoms with van der Waals surface area (Å²) in [4.78, 5) is 0. The molecule has 2 heteroatoms. The molecule has 0 aromatic carbocycles. The molecule has 0 nitrogen and oxygen atoms in total. The molecule has 52 heavy (non-hydrogen) atoms. The molecule has 0 unspecified atom stereocenters. The summed E-state index contributed by atoms with van der Waals surface area (Å²) in [5.41, 5.74) is 0. The molecular formula is C50H101I2-. The van der Waals surface area contributed by atoms with E-state index in [9.17, 15) is 0 Å². The molecule has 0 N–H and O–H groups in total. The molecule has 0 bridgehead atoms. The Kier molecular flexibility index (Phi) is 53.9. The first kappa shape index (κ1) is 53.5.